The SMILES string of the molecule is N#CCc1cc(Cl)c(Cl)nc1Cl. The largest absolute Gasteiger partial charge is 0.222 e. The van der Waals surface area contributed by atoms with Crippen LogP contribution in [0.25, 0.3) is 0 Å². The Bertz CT molecular complexity index is 343. The van der Waals surface area contributed by atoms with E-state index in [-0.39, 0.29) is 16.7 Å². The lowest BCUT2D eigenvalue weighted by Gasteiger charge is -2.00. The van der Waals surface area contributed by atoms with E-state index in [0.717, 1.165) is 0 Å². The Morgan fingerprint density at radius 3 is 2.58 bits per heavy atom. The van der Waals surface area contributed by atoms with Gasteiger partial charge in [0, 0.05) is 5.56 Å². The minimum atomic E-state index is 0.156. The molecule has 62 valence electrons. The van der Waals surface area contributed by atoms with Crippen molar-refractivity contribution in [1.29, 1.82) is 5.26 Å². The van der Waals surface area contributed by atoms with Crippen LogP contribution in [0.1, 0.15) is 5.56 Å². The monoisotopic (exact) mass is 220 g/mol. The van der Waals surface area contributed by atoms with Crippen molar-refractivity contribution in [3.05, 3.63) is 27.0 Å². The van der Waals surface area contributed by atoms with Crippen LogP contribution in [0, 0.1) is 11.3 Å². The van der Waals surface area contributed by atoms with Crippen LogP contribution in [0.4, 0.5) is 0 Å². The molecule has 0 aliphatic carbocycles. The van der Waals surface area contributed by atoms with Crippen molar-refractivity contribution in [2.75, 3.05) is 0 Å². The molecule has 0 N–H and O–H groups in total. The zero-order valence-corrected chi connectivity index (χ0v) is 8.08. The molecule has 5 heteroatoms. The maximum absolute atomic E-state index is 8.39. The van der Waals surface area contributed by atoms with Crippen LogP contribution < -0.4 is 0 Å². The van der Waals surface area contributed by atoms with Gasteiger partial charge in [0.15, 0.2) is 0 Å². The molecule has 0 amide bonds. The number of halogens is 3. The predicted octanol–water partition coefficient (Wildman–Crippen LogP) is 3.11. The number of aromatic nitrogens is 1. The second-order valence-corrected chi connectivity index (χ2v) is 3.17. The summed E-state index contributed by atoms with van der Waals surface area (Å²) in [6, 6.07) is 3.49. The highest BCUT2D eigenvalue weighted by molar-refractivity contribution is 6.42. The first kappa shape index (κ1) is 9.60. The fourth-order valence-corrected chi connectivity index (χ4v) is 1.25. The Balaban J connectivity index is 3.16. The van der Waals surface area contributed by atoms with Crippen molar-refractivity contribution in [3.63, 3.8) is 0 Å². The number of rotatable bonds is 1. The summed E-state index contributed by atoms with van der Waals surface area (Å²) in [5.74, 6) is 0. The fraction of sp³-hybridized carbons (Fsp3) is 0.143. The maximum atomic E-state index is 8.39. The van der Waals surface area contributed by atoms with Crippen molar-refractivity contribution in [1.82, 2.24) is 4.98 Å². The van der Waals surface area contributed by atoms with Crippen LogP contribution >= 0.6 is 34.8 Å². The molecule has 0 bridgehead atoms. The summed E-state index contributed by atoms with van der Waals surface area (Å²) in [5.41, 5.74) is 0.591. The molecule has 0 aliphatic heterocycles. The third-order valence-electron chi connectivity index (χ3n) is 1.23. The molecule has 0 atom stereocenters. The van der Waals surface area contributed by atoms with Gasteiger partial charge in [-0.25, -0.2) is 4.98 Å². The van der Waals surface area contributed by atoms with Gasteiger partial charge in [0.25, 0.3) is 0 Å². The molecule has 0 saturated carbocycles. The van der Waals surface area contributed by atoms with Gasteiger partial charge in [0.05, 0.1) is 17.5 Å². The summed E-state index contributed by atoms with van der Waals surface area (Å²) < 4.78 is 0. The van der Waals surface area contributed by atoms with Gasteiger partial charge in [0.2, 0.25) is 0 Å². The number of hydrogen-bond donors (Lipinski definition) is 0. The van der Waals surface area contributed by atoms with Crippen LogP contribution in [0.15, 0.2) is 6.07 Å². The number of hydrogen-bond acceptors (Lipinski definition) is 2. The van der Waals surface area contributed by atoms with Crippen LogP contribution in [-0.2, 0) is 6.42 Å². The summed E-state index contributed by atoms with van der Waals surface area (Å²) in [7, 11) is 0. The van der Waals surface area contributed by atoms with E-state index in [0.29, 0.717) is 10.6 Å². The van der Waals surface area contributed by atoms with E-state index in [1.165, 1.54) is 0 Å². The highest BCUT2D eigenvalue weighted by atomic mass is 35.5. The normalized spacial score (nSPS) is 9.50. The minimum Gasteiger partial charge on any atom is -0.222 e. The lowest BCUT2D eigenvalue weighted by atomic mass is 10.2. The van der Waals surface area contributed by atoms with Crippen molar-refractivity contribution in [2.45, 2.75) is 6.42 Å². The summed E-state index contributed by atoms with van der Waals surface area (Å²) in [6.45, 7) is 0. The average Bonchev–Trinajstić information content (AvgIpc) is 2.01. The highest BCUT2D eigenvalue weighted by Crippen LogP contribution is 2.25. The van der Waals surface area contributed by atoms with Crippen LogP contribution in [-0.4, -0.2) is 4.98 Å². The molecular weight excluding hydrogens is 218 g/mol. The van der Waals surface area contributed by atoms with Crippen molar-refractivity contribution in [2.24, 2.45) is 0 Å². The van der Waals surface area contributed by atoms with Gasteiger partial charge in [-0.3, -0.25) is 0 Å². The molecule has 0 radical (unpaired) electrons. The molecule has 0 spiro atoms. The number of nitriles is 1. The van der Waals surface area contributed by atoms with Gasteiger partial charge in [0.1, 0.15) is 10.3 Å². The second-order valence-electron chi connectivity index (χ2n) is 2.05. The standard InChI is InChI=1S/C7H3Cl3N2/c8-5-3-4(1-2-11)6(9)12-7(5)10/h3H,1H2. The molecule has 1 aromatic heterocycles. The minimum absolute atomic E-state index is 0.156. The van der Waals surface area contributed by atoms with Crippen LogP contribution in [0.3, 0.4) is 0 Å². The van der Waals surface area contributed by atoms with E-state index in [1.54, 1.807) is 6.07 Å². The molecule has 12 heavy (non-hydrogen) atoms. The van der Waals surface area contributed by atoms with Crippen molar-refractivity contribution in [3.8, 4) is 6.07 Å². The molecule has 0 saturated heterocycles. The molecular formula is C7H3Cl3N2. The quantitative estimate of drug-likeness (QED) is 0.683. The maximum Gasteiger partial charge on any atom is 0.149 e. The summed E-state index contributed by atoms with van der Waals surface area (Å²) in [5, 5.41) is 9.09. The number of nitrogens with zero attached hydrogens (tertiary/aromatic N) is 2. The summed E-state index contributed by atoms with van der Waals surface area (Å²) >= 11 is 16.9. The Hall–Kier alpha value is -0.490. The Kier molecular flexibility index (Phi) is 3.16. The molecule has 1 heterocycles. The average molecular weight is 221 g/mol. The molecule has 1 aromatic rings. The van der Waals surface area contributed by atoms with E-state index in [1.807, 2.05) is 6.07 Å². The fourth-order valence-electron chi connectivity index (χ4n) is 0.693. The zero-order valence-electron chi connectivity index (χ0n) is 5.81. The third kappa shape index (κ3) is 2.01. The molecule has 0 aliphatic rings. The van der Waals surface area contributed by atoms with E-state index in [2.05, 4.69) is 4.98 Å². The highest BCUT2D eigenvalue weighted by Gasteiger charge is 2.06. The molecule has 2 nitrogen and oxygen atoms in total. The van der Waals surface area contributed by atoms with E-state index < -0.39 is 0 Å². The topological polar surface area (TPSA) is 36.7 Å². The second kappa shape index (κ2) is 3.95. The predicted molar refractivity (Wildman–Crippen MR) is 48.6 cm³/mol. The van der Waals surface area contributed by atoms with E-state index in [4.69, 9.17) is 40.1 Å². The van der Waals surface area contributed by atoms with Crippen LogP contribution in [0.2, 0.25) is 15.3 Å². The van der Waals surface area contributed by atoms with Gasteiger partial charge in [-0.2, -0.15) is 5.26 Å². The van der Waals surface area contributed by atoms with Gasteiger partial charge < -0.3 is 0 Å². The Labute approximate surface area is 84.7 Å². The van der Waals surface area contributed by atoms with E-state index >= 15 is 0 Å². The molecule has 0 fully saturated rings. The zero-order chi connectivity index (χ0) is 9.14. The first-order chi connectivity index (χ1) is 5.65. The third-order valence-corrected chi connectivity index (χ3v) is 2.23. The van der Waals surface area contributed by atoms with Crippen molar-refractivity contribution < 1.29 is 0 Å². The molecule has 0 unspecified atom stereocenters. The molecule has 1 rings (SSSR count). The van der Waals surface area contributed by atoms with E-state index in [9.17, 15) is 0 Å². The van der Waals surface area contributed by atoms with Gasteiger partial charge >= 0.3 is 0 Å². The molecule has 0 aromatic carbocycles. The Morgan fingerprint density at radius 2 is 2.00 bits per heavy atom. The first-order valence-electron chi connectivity index (χ1n) is 3.02. The Morgan fingerprint density at radius 1 is 1.33 bits per heavy atom. The number of pyridine rings is 1. The van der Waals surface area contributed by atoms with Gasteiger partial charge in [-0.1, -0.05) is 34.8 Å². The first-order valence-corrected chi connectivity index (χ1v) is 4.16. The summed E-state index contributed by atoms with van der Waals surface area (Å²) in [4.78, 5) is 3.74. The summed E-state index contributed by atoms with van der Waals surface area (Å²) in [6.07, 6.45) is 0.183. The lowest BCUT2D eigenvalue weighted by Crippen LogP contribution is -1.88. The smallest absolute Gasteiger partial charge is 0.149 e. The van der Waals surface area contributed by atoms with Crippen molar-refractivity contribution >= 4 is 34.8 Å². The van der Waals surface area contributed by atoms with Gasteiger partial charge in [-0.15, -0.1) is 0 Å². The lowest BCUT2D eigenvalue weighted by molar-refractivity contribution is 1.19. The van der Waals surface area contributed by atoms with Gasteiger partial charge in [-0.05, 0) is 6.07 Å². The van der Waals surface area contributed by atoms with Crippen LogP contribution in [0.5, 0.6) is 0 Å².